The van der Waals surface area contributed by atoms with Crippen LogP contribution in [-0.2, 0) is 0 Å². The molecule has 8 aromatic heterocycles. The van der Waals surface area contributed by atoms with Crippen LogP contribution in [0.15, 0.2) is 203 Å². The summed E-state index contributed by atoms with van der Waals surface area (Å²) in [5.74, 6) is 0. The van der Waals surface area contributed by atoms with E-state index in [2.05, 4.69) is 203 Å². The smallest absolute Gasteiger partial charge is 0.146 e. The first kappa shape index (κ1) is 36.4. The van der Waals surface area contributed by atoms with Gasteiger partial charge in [0.05, 0.1) is 32.8 Å². The third-order valence-electron chi connectivity index (χ3n) is 15.6. The number of nitrogens with zero attached hydrogens (tertiary/aromatic N) is 2. The summed E-state index contributed by atoms with van der Waals surface area (Å²) in [5, 5.41) is 21.8. The maximum atomic E-state index is 7.23. The average Bonchev–Trinajstić information content (AvgIpc) is 4.27. The molecule has 0 fully saturated rings. The summed E-state index contributed by atoms with van der Waals surface area (Å²) in [7, 11) is 0. The Balaban J connectivity index is 0.999. The quantitative estimate of drug-likeness (QED) is 0.154. The molecule has 322 valence electrons. The first-order valence-electron chi connectivity index (χ1n) is 23.8. The van der Waals surface area contributed by atoms with Crippen molar-refractivity contribution in [3.63, 3.8) is 0 Å². The van der Waals surface area contributed by atoms with Crippen LogP contribution in [-0.4, -0.2) is 8.80 Å². The minimum absolute atomic E-state index is 0.890. The van der Waals surface area contributed by atoms with Crippen molar-refractivity contribution in [3.05, 3.63) is 194 Å². The van der Waals surface area contributed by atoms with Gasteiger partial charge in [-0.25, -0.2) is 0 Å². The second kappa shape index (κ2) is 12.7. The van der Waals surface area contributed by atoms with E-state index < -0.39 is 0 Å². The van der Waals surface area contributed by atoms with Crippen LogP contribution in [0.4, 0.5) is 0 Å². The highest BCUT2D eigenvalue weighted by Gasteiger charge is 2.26. The summed E-state index contributed by atoms with van der Waals surface area (Å²) in [6, 6.07) is 67.1. The van der Waals surface area contributed by atoms with Crippen LogP contribution in [0.25, 0.3) is 171 Å². The van der Waals surface area contributed by atoms with E-state index in [1.807, 2.05) is 22.7 Å². The van der Waals surface area contributed by atoms with Crippen molar-refractivity contribution >= 4 is 183 Å². The van der Waals surface area contributed by atoms with Gasteiger partial charge in [0.2, 0.25) is 0 Å². The molecular weight excluding hydrogens is 893 g/mol. The number of hydrogen-bond donors (Lipinski definition) is 0. The van der Waals surface area contributed by atoms with E-state index in [0.29, 0.717) is 0 Å². The molecule has 0 atom stereocenters. The van der Waals surface area contributed by atoms with E-state index in [-0.39, 0.29) is 0 Å². The van der Waals surface area contributed by atoms with Gasteiger partial charge < -0.3 is 17.6 Å². The second-order valence-electron chi connectivity index (χ2n) is 19.1. The van der Waals surface area contributed by atoms with Crippen LogP contribution < -0.4 is 0 Å². The summed E-state index contributed by atoms with van der Waals surface area (Å²) in [6.45, 7) is 0. The zero-order chi connectivity index (χ0) is 45.1. The van der Waals surface area contributed by atoms with Crippen LogP contribution in [0.5, 0.6) is 0 Å². The van der Waals surface area contributed by atoms with E-state index >= 15 is 0 Å². The molecule has 0 aliphatic rings. The number of para-hydroxylation sites is 2. The molecule has 0 N–H and O–H groups in total. The summed E-state index contributed by atoms with van der Waals surface area (Å²) in [4.78, 5) is 0. The molecule has 18 aromatic rings. The first-order valence-corrected chi connectivity index (χ1v) is 25.4. The van der Waals surface area contributed by atoms with Gasteiger partial charge in [0.1, 0.15) is 22.3 Å². The van der Waals surface area contributed by atoms with E-state index in [0.717, 1.165) is 76.8 Å². The Morgan fingerprint density at radius 3 is 1.73 bits per heavy atom. The van der Waals surface area contributed by atoms with Gasteiger partial charge in [-0.3, -0.25) is 0 Å². The zero-order valence-corrected chi connectivity index (χ0v) is 38.6. The third kappa shape index (κ3) is 4.39. The Bertz CT molecular complexity index is 5440. The van der Waals surface area contributed by atoms with Crippen molar-refractivity contribution in [3.8, 4) is 11.1 Å². The Labute approximate surface area is 403 Å². The summed E-state index contributed by atoms with van der Waals surface area (Å²) >= 11 is 3.76. The SMILES string of the molecule is c1ccc2c(c1)cn1c3ccc4c5ccccc5oc4c3c3c(ccc4c5cc(-c6cc7c(c8oc9ccccc9c68)c6c(ccc8sc9ccccc9c86)c6c8ccccc8cn76)ccc5sc43)c21. The minimum atomic E-state index is 0.890. The molecule has 0 saturated carbocycles. The molecule has 0 saturated heterocycles. The van der Waals surface area contributed by atoms with E-state index in [1.54, 1.807) is 0 Å². The highest BCUT2D eigenvalue weighted by molar-refractivity contribution is 7.27. The Morgan fingerprint density at radius 2 is 0.914 bits per heavy atom. The van der Waals surface area contributed by atoms with Crippen molar-refractivity contribution in [2.45, 2.75) is 0 Å². The van der Waals surface area contributed by atoms with Gasteiger partial charge in [-0.05, 0) is 65.7 Å². The van der Waals surface area contributed by atoms with Crippen molar-refractivity contribution in [2.24, 2.45) is 0 Å². The van der Waals surface area contributed by atoms with E-state index in [4.69, 9.17) is 8.83 Å². The molecule has 0 amide bonds. The number of benzene rings is 10. The lowest BCUT2D eigenvalue weighted by molar-refractivity contribution is 0.672. The van der Waals surface area contributed by atoms with Crippen LogP contribution >= 0.6 is 22.7 Å². The van der Waals surface area contributed by atoms with Crippen LogP contribution in [0.2, 0.25) is 0 Å². The Morgan fingerprint density at radius 1 is 0.329 bits per heavy atom. The van der Waals surface area contributed by atoms with E-state index in [9.17, 15) is 0 Å². The molecule has 70 heavy (non-hydrogen) atoms. The zero-order valence-electron chi connectivity index (χ0n) is 37.0. The molecule has 0 aliphatic carbocycles. The minimum Gasteiger partial charge on any atom is -0.455 e. The van der Waals surface area contributed by atoms with Crippen molar-refractivity contribution in [1.82, 2.24) is 8.80 Å². The van der Waals surface area contributed by atoms with Crippen molar-refractivity contribution in [1.29, 1.82) is 0 Å². The first-order chi connectivity index (χ1) is 34.7. The monoisotopic (exact) mass is 924 g/mol. The van der Waals surface area contributed by atoms with Gasteiger partial charge in [0, 0.05) is 117 Å². The fourth-order valence-corrected chi connectivity index (χ4v) is 15.1. The van der Waals surface area contributed by atoms with Gasteiger partial charge in [0.15, 0.2) is 0 Å². The molecule has 0 bridgehead atoms. The predicted molar refractivity (Wildman–Crippen MR) is 299 cm³/mol. The number of fused-ring (bicyclic) bond motifs is 32. The molecule has 0 unspecified atom stereocenters. The second-order valence-corrected chi connectivity index (χ2v) is 21.2. The molecule has 6 heteroatoms. The van der Waals surface area contributed by atoms with Crippen LogP contribution in [0.1, 0.15) is 0 Å². The summed E-state index contributed by atoms with van der Waals surface area (Å²) in [5.41, 5.74) is 10.7. The molecular formula is C64H32N2O2S2. The number of hydrogen-bond acceptors (Lipinski definition) is 4. The maximum Gasteiger partial charge on any atom is 0.146 e. The normalized spacial score (nSPS) is 12.9. The fourth-order valence-electron chi connectivity index (χ4n) is 12.7. The number of furan rings is 2. The lowest BCUT2D eigenvalue weighted by atomic mass is 9.92. The van der Waals surface area contributed by atoms with Gasteiger partial charge in [-0.15, -0.1) is 22.7 Å². The number of thiophene rings is 2. The largest absolute Gasteiger partial charge is 0.455 e. The lowest BCUT2D eigenvalue weighted by Crippen LogP contribution is -1.93. The van der Waals surface area contributed by atoms with Gasteiger partial charge >= 0.3 is 0 Å². The average molecular weight is 925 g/mol. The Hall–Kier alpha value is -8.68. The lowest BCUT2D eigenvalue weighted by Gasteiger charge is -2.14. The van der Waals surface area contributed by atoms with Crippen LogP contribution in [0, 0.1) is 0 Å². The van der Waals surface area contributed by atoms with Gasteiger partial charge in [-0.1, -0.05) is 127 Å². The van der Waals surface area contributed by atoms with E-state index in [1.165, 1.54) is 94.5 Å². The number of rotatable bonds is 1. The highest BCUT2D eigenvalue weighted by atomic mass is 32.1. The maximum absolute atomic E-state index is 7.23. The Kier molecular flexibility index (Phi) is 6.59. The fraction of sp³-hybridized carbons (Fsp3) is 0. The summed E-state index contributed by atoms with van der Waals surface area (Å²) < 4.78 is 24.1. The van der Waals surface area contributed by atoms with Crippen molar-refractivity contribution in [2.75, 3.05) is 0 Å². The van der Waals surface area contributed by atoms with Gasteiger partial charge in [0.25, 0.3) is 0 Å². The number of aromatic nitrogens is 2. The van der Waals surface area contributed by atoms with Crippen LogP contribution in [0.3, 0.4) is 0 Å². The number of pyridine rings is 2. The third-order valence-corrected chi connectivity index (χ3v) is 18.0. The molecule has 0 spiro atoms. The predicted octanol–water partition coefficient (Wildman–Crippen LogP) is 19.3. The summed E-state index contributed by atoms with van der Waals surface area (Å²) in [6.07, 6.45) is 4.63. The van der Waals surface area contributed by atoms with Crippen molar-refractivity contribution < 1.29 is 8.83 Å². The molecule has 10 aromatic carbocycles. The molecule has 18 rings (SSSR count). The topological polar surface area (TPSA) is 35.1 Å². The standard InChI is InChI=1S/C64H32N2O2S2/c1-4-14-37-34(11-1)31-65-47-26-24-39-38-15-5-8-18-49(38)67-62(39)58(47)57-44(61(37)65)23-22-40-46-29-33(21-27-52(46)70-64(40)57)45-30-48-59(63-54(45)41-16-6-9-19-50(41)68-63)56-43(60-36-13-3-2-12-35(36)32-66(48)60)25-28-53-55(56)42-17-7-10-20-51(42)69-53/h1-32H. The molecule has 8 heterocycles. The molecule has 0 aliphatic heterocycles. The van der Waals surface area contributed by atoms with Gasteiger partial charge in [-0.2, -0.15) is 0 Å². The molecule has 4 nitrogen and oxygen atoms in total. The molecule has 0 radical (unpaired) electrons. The highest BCUT2D eigenvalue weighted by Crippen LogP contribution is 2.52.